The molecule has 1 heterocycles. The fourth-order valence-electron chi connectivity index (χ4n) is 3.60. The third kappa shape index (κ3) is 6.30. The van der Waals surface area contributed by atoms with Gasteiger partial charge in [-0.05, 0) is 24.6 Å². The minimum Gasteiger partial charge on any atom is -0.492 e. The maximum absolute atomic E-state index is 12.9. The summed E-state index contributed by atoms with van der Waals surface area (Å²) in [4.78, 5) is 29.2. The lowest BCUT2D eigenvalue weighted by atomic mass is 10.0. The number of hydrogen-bond donors (Lipinski definition) is 2. The molecular weight excluding hydrogens is 380 g/mol. The van der Waals surface area contributed by atoms with Gasteiger partial charge in [-0.1, -0.05) is 48.5 Å². The van der Waals surface area contributed by atoms with Crippen LogP contribution in [0.3, 0.4) is 0 Å². The predicted octanol–water partition coefficient (Wildman–Crippen LogP) is 2.27. The van der Waals surface area contributed by atoms with Crippen molar-refractivity contribution in [3.8, 4) is 5.75 Å². The molecule has 0 radical (unpaired) electrons. The SMILES string of the molecule is CCNC(=O)NC(=O)[C@@H](c1ccccc1)N1CCN(CCOc2ccccc2)CC1. The highest BCUT2D eigenvalue weighted by Gasteiger charge is 2.31. The number of carbonyl (C=O) groups is 2. The van der Waals surface area contributed by atoms with Crippen molar-refractivity contribution in [1.29, 1.82) is 0 Å². The molecule has 0 unspecified atom stereocenters. The zero-order valence-electron chi connectivity index (χ0n) is 17.4. The van der Waals surface area contributed by atoms with Crippen molar-refractivity contribution in [3.63, 3.8) is 0 Å². The van der Waals surface area contributed by atoms with Gasteiger partial charge in [-0.25, -0.2) is 4.79 Å². The number of nitrogens with zero attached hydrogens (tertiary/aromatic N) is 2. The molecule has 2 aromatic rings. The first-order chi connectivity index (χ1) is 14.7. The van der Waals surface area contributed by atoms with Crippen LogP contribution in [0.15, 0.2) is 60.7 Å². The molecule has 2 aromatic carbocycles. The van der Waals surface area contributed by atoms with E-state index in [1.165, 1.54) is 0 Å². The maximum atomic E-state index is 12.9. The van der Waals surface area contributed by atoms with E-state index in [1.54, 1.807) is 0 Å². The maximum Gasteiger partial charge on any atom is 0.321 e. The lowest BCUT2D eigenvalue weighted by molar-refractivity contribution is -0.126. The van der Waals surface area contributed by atoms with Crippen LogP contribution in [0, 0.1) is 0 Å². The standard InChI is InChI=1S/C23H30N4O3/c1-2-24-23(29)25-22(28)21(19-9-5-3-6-10-19)27-15-13-26(14-16-27)17-18-30-20-11-7-4-8-12-20/h3-12,21H,2,13-18H2,1H3,(H2,24,25,28,29)/t21-/m1/s1. The van der Waals surface area contributed by atoms with Crippen molar-refractivity contribution in [2.75, 3.05) is 45.9 Å². The summed E-state index contributed by atoms with van der Waals surface area (Å²) < 4.78 is 5.79. The molecule has 7 heteroatoms. The molecule has 7 nitrogen and oxygen atoms in total. The molecule has 2 N–H and O–H groups in total. The normalized spacial score (nSPS) is 15.9. The van der Waals surface area contributed by atoms with E-state index in [0.29, 0.717) is 13.2 Å². The number of ether oxygens (including phenoxy) is 1. The van der Waals surface area contributed by atoms with Crippen LogP contribution >= 0.6 is 0 Å². The van der Waals surface area contributed by atoms with Gasteiger partial charge in [0.25, 0.3) is 0 Å². The zero-order chi connectivity index (χ0) is 21.2. The Kier molecular flexibility index (Phi) is 8.23. The summed E-state index contributed by atoms with van der Waals surface area (Å²) >= 11 is 0. The second-order valence-electron chi connectivity index (χ2n) is 7.20. The first kappa shape index (κ1) is 21.8. The summed E-state index contributed by atoms with van der Waals surface area (Å²) in [7, 11) is 0. The number of rotatable bonds is 8. The molecule has 3 rings (SSSR count). The van der Waals surface area contributed by atoms with E-state index in [2.05, 4.69) is 20.4 Å². The summed E-state index contributed by atoms with van der Waals surface area (Å²) in [5.41, 5.74) is 0.889. The number of urea groups is 1. The zero-order valence-corrected chi connectivity index (χ0v) is 17.4. The Hall–Kier alpha value is -2.90. The molecule has 30 heavy (non-hydrogen) atoms. The van der Waals surface area contributed by atoms with Crippen LogP contribution < -0.4 is 15.4 Å². The van der Waals surface area contributed by atoms with Crippen molar-refractivity contribution in [2.45, 2.75) is 13.0 Å². The molecule has 160 valence electrons. The van der Waals surface area contributed by atoms with Crippen LogP contribution in [0.1, 0.15) is 18.5 Å². The fraction of sp³-hybridized carbons (Fsp3) is 0.391. The number of piperazine rings is 1. The van der Waals surface area contributed by atoms with E-state index < -0.39 is 12.1 Å². The number of para-hydroxylation sites is 1. The van der Waals surface area contributed by atoms with Gasteiger partial charge in [0.2, 0.25) is 5.91 Å². The van der Waals surface area contributed by atoms with E-state index in [-0.39, 0.29) is 5.91 Å². The monoisotopic (exact) mass is 410 g/mol. The Labute approximate surface area is 178 Å². The average Bonchev–Trinajstić information content (AvgIpc) is 2.77. The lowest BCUT2D eigenvalue weighted by Crippen LogP contribution is -2.53. The fourth-order valence-corrected chi connectivity index (χ4v) is 3.60. The third-order valence-electron chi connectivity index (χ3n) is 5.13. The lowest BCUT2D eigenvalue weighted by Gasteiger charge is -2.38. The summed E-state index contributed by atoms with van der Waals surface area (Å²) in [5, 5.41) is 5.09. The van der Waals surface area contributed by atoms with Crippen LogP contribution in [-0.2, 0) is 4.79 Å². The molecule has 1 aliphatic heterocycles. The predicted molar refractivity (Wildman–Crippen MR) is 116 cm³/mol. The van der Waals surface area contributed by atoms with Gasteiger partial charge >= 0.3 is 6.03 Å². The van der Waals surface area contributed by atoms with Crippen LogP contribution in [0.25, 0.3) is 0 Å². The van der Waals surface area contributed by atoms with Crippen LogP contribution in [0.2, 0.25) is 0 Å². The molecule has 0 aromatic heterocycles. The number of imide groups is 1. The molecule has 0 bridgehead atoms. The van der Waals surface area contributed by atoms with Crippen molar-refractivity contribution >= 4 is 11.9 Å². The number of hydrogen-bond acceptors (Lipinski definition) is 5. The van der Waals surface area contributed by atoms with Gasteiger partial charge in [0, 0.05) is 39.3 Å². The number of carbonyl (C=O) groups excluding carboxylic acids is 2. The number of amides is 3. The van der Waals surface area contributed by atoms with Crippen molar-refractivity contribution < 1.29 is 14.3 Å². The Bertz CT molecular complexity index is 793. The summed E-state index contributed by atoms with van der Waals surface area (Å²) in [6, 6.07) is 18.5. The quantitative estimate of drug-likeness (QED) is 0.698. The Morgan fingerprint density at radius 1 is 0.967 bits per heavy atom. The first-order valence-electron chi connectivity index (χ1n) is 10.4. The number of nitrogens with one attached hydrogen (secondary N) is 2. The van der Waals surface area contributed by atoms with Crippen molar-refractivity contribution in [3.05, 3.63) is 66.2 Å². The molecule has 1 atom stereocenters. The minimum atomic E-state index is -0.489. The van der Waals surface area contributed by atoms with Crippen LogP contribution in [0.5, 0.6) is 5.75 Å². The van der Waals surface area contributed by atoms with Crippen LogP contribution in [0.4, 0.5) is 4.79 Å². The second kappa shape index (κ2) is 11.3. The highest BCUT2D eigenvalue weighted by Crippen LogP contribution is 2.22. The highest BCUT2D eigenvalue weighted by atomic mass is 16.5. The van der Waals surface area contributed by atoms with Gasteiger partial charge in [0.15, 0.2) is 0 Å². The van der Waals surface area contributed by atoms with Gasteiger partial charge in [-0.3, -0.25) is 19.9 Å². The highest BCUT2D eigenvalue weighted by molar-refractivity contribution is 5.97. The van der Waals surface area contributed by atoms with E-state index in [9.17, 15) is 9.59 Å². The Morgan fingerprint density at radius 2 is 1.60 bits per heavy atom. The molecule has 0 spiro atoms. The van der Waals surface area contributed by atoms with E-state index >= 15 is 0 Å². The molecule has 1 saturated heterocycles. The molecule has 3 amide bonds. The molecular formula is C23H30N4O3. The van der Waals surface area contributed by atoms with Gasteiger partial charge < -0.3 is 10.1 Å². The Balaban J connectivity index is 1.55. The average molecular weight is 411 g/mol. The first-order valence-corrected chi connectivity index (χ1v) is 10.4. The van der Waals surface area contributed by atoms with Gasteiger partial charge in [0.05, 0.1) is 0 Å². The molecule has 1 fully saturated rings. The van der Waals surface area contributed by atoms with Gasteiger partial charge in [-0.2, -0.15) is 0 Å². The van der Waals surface area contributed by atoms with Crippen LogP contribution in [-0.4, -0.2) is 67.6 Å². The largest absolute Gasteiger partial charge is 0.492 e. The minimum absolute atomic E-state index is 0.298. The third-order valence-corrected chi connectivity index (χ3v) is 5.13. The summed E-state index contributed by atoms with van der Waals surface area (Å²) in [6.07, 6.45) is 0. The van der Waals surface area contributed by atoms with Crippen molar-refractivity contribution in [2.24, 2.45) is 0 Å². The summed E-state index contributed by atoms with van der Waals surface area (Å²) in [5.74, 6) is 0.579. The van der Waals surface area contributed by atoms with E-state index in [4.69, 9.17) is 4.74 Å². The second-order valence-corrected chi connectivity index (χ2v) is 7.20. The van der Waals surface area contributed by atoms with Gasteiger partial charge in [-0.15, -0.1) is 0 Å². The molecule has 0 saturated carbocycles. The van der Waals surface area contributed by atoms with E-state index in [1.807, 2.05) is 67.6 Å². The molecule has 1 aliphatic rings. The topological polar surface area (TPSA) is 73.9 Å². The van der Waals surface area contributed by atoms with E-state index in [0.717, 1.165) is 44.0 Å². The van der Waals surface area contributed by atoms with Gasteiger partial charge in [0.1, 0.15) is 18.4 Å². The molecule has 0 aliphatic carbocycles. The smallest absolute Gasteiger partial charge is 0.321 e. The number of benzene rings is 2. The summed E-state index contributed by atoms with van der Waals surface area (Å²) in [6.45, 7) is 6.93. The van der Waals surface area contributed by atoms with Crippen molar-refractivity contribution in [1.82, 2.24) is 20.4 Å². The Morgan fingerprint density at radius 3 is 2.23 bits per heavy atom.